The van der Waals surface area contributed by atoms with Gasteiger partial charge in [0, 0.05) is 29.4 Å². The second-order valence-electron chi connectivity index (χ2n) is 7.54. The molecular weight excluding hydrogens is 432 g/mol. The fraction of sp³-hybridized carbons (Fsp3) is 0.0741. The van der Waals surface area contributed by atoms with Crippen LogP contribution in [-0.4, -0.2) is 33.7 Å². The summed E-state index contributed by atoms with van der Waals surface area (Å²) >= 11 is 0. The van der Waals surface area contributed by atoms with Crippen LogP contribution in [0.2, 0.25) is 0 Å². The van der Waals surface area contributed by atoms with Crippen LogP contribution in [0.1, 0.15) is 26.3 Å². The normalized spacial score (nSPS) is 10.5. The number of ether oxygens (including phenoxy) is 1. The Morgan fingerprint density at radius 2 is 1.65 bits per heavy atom. The van der Waals surface area contributed by atoms with Gasteiger partial charge in [-0.1, -0.05) is 42.5 Å². The molecule has 3 N–H and O–H groups in total. The first kappa shape index (κ1) is 22.5. The monoisotopic (exact) mass is 454 g/mol. The third kappa shape index (κ3) is 5.58. The number of carbonyl (C=O) groups is 2. The fourth-order valence-corrected chi connectivity index (χ4v) is 3.38. The van der Waals surface area contributed by atoms with E-state index in [0.29, 0.717) is 29.2 Å². The standard InChI is InChI=1S/C27H22N2O5/c30-25(20-8-4-7-19(15-20)24-16-21(27(32)33)17-28-26(24)31)29-22-9-11-23(12-10-22)34-14-13-18-5-2-1-3-6-18/h1-12,15-17H,13-14H2,(H,28,31)(H,29,30)(H,32,33). The number of aromatic carboxylic acids is 1. The highest BCUT2D eigenvalue weighted by atomic mass is 16.5. The summed E-state index contributed by atoms with van der Waals surface area (Å²) in [6.45, 7) is 0.549. The smallest absolute Gasteiger partial charge is 0.337 e. The Morgan fingerprint density at radius 1 is 0.882 bits per heavy atom. The predicted octanol–water partition coefficient (Wildman–Crippen LogP) is 5.03. The second-order valence-corrected chi connectivity index (χ2v) is 7.54. The molecule has 0 spiro atoms. The molecule has 4 rings (SSSR count). The van der Waals surface area contributed by atoms with Crippen molar-refractivity contribution in [3.8, 4) is 22.8 Å². The molecule has 170 valence electrons. The first-order chi connectivity index (χ1) is 16.5. The number of nitrogens with zero attached hydrogens (tertiary/aromatic N) is 1. The van der Waals surface area contributed by atoms with Crippen LogP contribution in [0.25, 0.3) is 11.1 Å². The summed E-state index contributed by atoms with van der Waals surface area (Å²) in [6, 6.07) is 25.0. The number of carboxylic acids is 1. The first-order valence-corrected chi connectivity index (χ1v) is 10.6. The van der Waals surface area contributed by atoms with Gasteiger partial charge in [-0.25, -0.2) is 9.78 Å². The summed E-state index contributed by atoms with van der Waals surface area (Å²) in [5, 5.41) is 22.1. The third-order valence-electron chi connectivity index (χ3n) is 5.16. The maximum atomic E-state index is 12.8. The van der Waals surface area contributed by atoms with Crippen molar-refractivity contribution in [1.82, 2.24) is 4.98 Å². The van der Waals surface area contributed by atoms with Crippen LogP contribution in [0.5, 0.6) is 11.6 Å². The van der Waals surface area contributed by atoms with E-state index in [4.69, 9.17) is 4.74 Å². The maximum absolute atomic E-state index is 12.8. The van der Waals surface area contributed by atoms with Crippen LogP contribution < -0.4 is 10.1 Å². The van der Waals surface area contributed by atoms with E-state index in [-0.39, 0.29) is 22.9 Å². The van der Waals surface area contributed by atoms with Crippen molar-refractivity contribution >= 4 is 17.6 Å². The molecular formula is C27H22N2O5. The molecule has 3 aromatic carbocycles. The maximum Gasteiger partial charge on any atom is 0.337 e. The Morgan fingerprint density at radius 3 is 2.38 bits per heavy atom. The van der Waals surface area contributed by atoms with Crippen LogP contribution in [0.3, 0.4) is 0 Å². The highest BCUT2D eigenvalue weighted by molar-refractivity contribution is 6.05. The van der Waals surface area contributed by atoms with Crippen molar-refractivity contribution in [2.24, 2.45) is 0 Å². The zero-order chi connectivity index (χ0) is 23.9. The molecule has 7 heteroatoms. The van der Waals surface area contributed by atoms with Gasteiger partial charge in [-0.2, -0.15) is 0 Å². The lowest BCUT2D eigenvalue weighted by atomic mass is 10.0. The Kier molecular flexibility index (Phi) is 6.84. The lowest BCUT2D eigenvalue weighted by Gasteiger charge is -2.10. The van der Waals surface area contributed by atoms with E-state index in [1.807, 2.05) is 18.2 Å². The zero-order valence-electron chi connectivity index (χ0n) is 18.1. The summed E-state index contributed by atoms with van der Waals surface area (Å²) in [4.78, 5) is 27.7. The SMILES string of the molecule is O=C(O)c1cnc(O)c(-c2cccc(C(=O)Nc3ccc(OCCc4ccccc4)cc3)c2)c1. The average molecular weight is 454 g/mol. The van der Waals surface area contributed by atoms with Gasteiger partial charge in [-0.05, 0) is 53.6 Å². The second kappa shape index (κ2) is 10.3. The van der Waals surface area contributed by atoms with Crippen LogP contribution in [0, 0.1) is 0 Å². The molecule has 4 aromatic rings. The minimum atomic E-state index is -1.16. The summed E-state index contributed by atoms with van der Waals surface area (Å²) in [7, 11) is 0. The number of aromatic hydroxyl groups is 1. The van der Waals surface area contributed by atoms with Gasteiger partial charge in [-0.15, -0.1) is 0 Å². The Balaban J connectivity index is 1.40. The van der Waals surface area contributed by atoms with E-state index in [9.17, 15) is 19.8 Å². The third-order valence-corrected chi connectivity index (χ3v) is 5.16. The molecule has 0 aliphatic rings. The number of aromatic nitrogens is 1. The largest absolute Gasteiger partial charge is 0.493 e. The van der Waals surface area contributed by atoms with Crippen LogP contribution in [-0.2, 0) is 6.42 Å². The molecule has 0 saturated heterocycles. The molecule has 1 heterocycles. The van der Waals surface area contributed by atoms with Gasteiger partial charge < -0.3 is 20.3 Å². The van der Waals surface area contributed by atoms with E-state index in [2.05, 4.69) is 22.4 Å². The fourth-order valence-electron chi connectivity index (χ4n) is 3.38. The van der Waals surface area contributed by atoms with E-state index >= 15 is 0 Å². The van der Waals surface area contributed by atoms with Crippen LogP contribution >= 0.6 is 0 Å². The highest BCUT2D eigenvalue weighted by Crippen LogP contribution is 2.29. The van der Waals surface area contributed by atoms with Crippen LogP contribution in [0.4, 0.5) is 5.69 Å². The first-order valence-electron chi connectivity index (χ1n) is 10.6. The summed E-state index contributed by atoms with van der Waals surface area (Å²) in [5.41, 5.74) is 2.79. The molecule has 0 aliphatic heterocycles. The predicted molar refractivity (Wildman–Crippen MR) is 128 cm³/mol. The summed E-state index contributed by atoms with van der Waals surface area (Å²) in [6.07, 6.45) is 1.88. The molecule has 0 saturated carbocycles. The minimum absolute atomic E-state index is 0.0614. The molecule has 0 aliphatic carbocycles. The number of benzene rings is 3. The number of rotatable bonds is 8. The summed E-state index contributed by atoms with van der Waals surface area (Å²) < 4.78 is 5.77. The minimum Gasteiger partial charge on any atom is -0.493 e. The number of hydrogen-bond donors (Lipinski definition) is 3. The van der Waals surface area contributed by atoms with E-state index in [1.165, 1.54) is 11.6 Å². The van der Waals surface area contributed by atoms with Gasteiger partial charge in [0.25, 0.3) is 5.91 Å². The molecule has 1 aromatic heterocycles. The Bertz CT molecular complexity index is 1300. The van der Waals surface area contributed by atoms with E-state index < -0.39 is 5.97 Å². The number of amides is 1. The van der Waals surface area contributed by atoms with Gasteiger partial charge in [0.15, 0.2) is 0 Å². The molecule has 34 heavy (non-hydrogen) atoms. The molecule has 1 amide bonds. The zero-order valence-corrected chi connectivity index (χ0v) is 18.1. The molecule has 0 atom stereocenters. The van der Waals surface area contributed by atoms with Crippen molar-refractivity contribution < 1.29 is 24.5 Å². The Hall–Kier alpha value is -4.65. The van der Waals surface area contributed by atoms with Crippen molar-refractivity contribution in [1.29, 1.82) is 0 Å². The number of carboxylic acid groups (broad SMARTS) is 1. The van der Waals surface area contributed by atoms with Gasteiger partial charge in [0.2, 0.25) is 5.88 Å². The number of nitrogens with one attached hydrogen (secondary N) is 1. The summed E-state index contributed by atoms with van der Waals surface area (Å²) in [5.74, 6) is -1.11. The number of hydrogen-bond acceptors (Lipinski definition) is 5. The number of anilines is 1. The van der Waals surface area contributed by atoms with Gasteiger partial charge >= 0.3 is 5.97 Å². The lowest BCUT2D eigenvalue weighted by Crippen LogP contribution is -2.12. The van der Waals surface area contributed by atoms with Gasteiger partial charge in [-0.3, -0.25) is 4.79 Å². The quantitative estimate of drug-likeness (QED) is 0.345. The number of pyridine rings is 1. The van der Waals surface area contributed by atoms with Gasteiger partial charge in [0.1, 0.15) is 5.75 Å². The van der Waals surface area contributed by atoms with Crippen molar-refractivity contribution in [3.63, 3.8) is 0 Å². The molecule has 7 nitrogen and oxygen atoms in total. The van der Waals surface area contributed by atoms with E-state index in [1.54, 1.807) is 48.5 Å². The molecule has 0 unspecified atom stereocenters. The van der Waals surface area contributed by atoms with Crippen molar-refractivity contribution in [3.05, 3.63) is 108 Å². The Labute approximate surface area is 196 Å². The highest BCUT2D eigenvalue weighted by Gasteiger charge is 2.13. The van der Waals surface area contributed by atoms with Crippen molar-refractivity contribution in [2.75, 3.05) is 11.9 Å². The molecule has 0 bridgehead atoms. The van der Waals surface area contributed by atoms with E-state index in [0.717, 1.165) is 12.6 Å². The van der Waals surface area contributed by atoms with Crippen molar-refractivity contribution in [2.45, 2.75) is 6.42 Å². The molecule has 0 radical (unpaired) electrons. The topological polar surface area (TPSA) is 109 Å². The van der Waals surface area contributed by atoms with Gasteiger partial charge in [0.05, 0.1) is 12.2 Å². The van der Waals surface area contributed by atoms with Crippen LogP contribution in [0.15, 0.2) is 91.1 Å². The lowest BCUT2D eigenvalue weighted by molar-refractivity contribution is 0.0696. The average Bonchev–Trinajstić information content (AvgIpc) is 2.86. The number of carbonyl (C=O) groups excluding carboxylic acids is 1. The molecule has 0 fully saturated rings.